The fourth-order valence-electron chi connectivity index (χ4n) is 2.97. The summed E-state index contributed by atoms with van der Waals surface area (Å²) in [5.41, 5.74) is -0.661. The predicted molar refractivity (Wildman–Crippen MR) is 56.5 cm³/mol. The van der Waals surface area contributed by atoms with Crippen molar-refractivity contribution in [2.24, 2.45) is 11.3 Å². The average Bonchev–Trinajstić information content (AvgIpc) is 2.73. The summed E-state index contributed by atoms with van der Waals surface area (Å²) in [6.07, 6.45) is 4.41. The molecule has 0 aromatic heterocycles. The van der Waals surface area contributed by atoms with Gasteiger partial charge < -0.3 is 9.47 Å². The second-order valence-electron chi connectivity index (χ2n) is 4.49. The first-order chi connectivity index (χ1) is 7.64. The molecule has 1 fully saturated rings. The maximum absolute atomic E-state index is 11.9. The van der Waals surface area contributed by atoms with Gasteiger partial charge in [-0.05, 0) is 12.8 Å². The van der Waals surface area contributed by atoms with Crippen LogP contribution in [0.15, 0.2) is 11.8 Å². The van der Waals surface area contributed by atoms with Gasteiger partial charge in [-0.2, -0.15) is 0 Å². The van der Waals surface area contributed by atoms with Crippen molar-refractivity contribution in [1.82, 2.24) is 0 Å². The Labute approximate surface area is 94.6 Å². The number of rotatable bonds is 2. The number of esters is 1. The SMILES string of the molecule is COC(=O)C12CCCC1C(=O)C=C(OC)C2. The zero-order valence-electron chi connectivity index (χ0n) is 9.62. The van der Waals surface area contributed by atoms with E-state index in [-0.39, 0.29) is 17.7 Å². The molecular weight excluding hydrogens is 208 g/mol. The lowest BCUT2D eigenvalue weighted by molar-refractivity contribution is -0.158. The Hall–Kier alpha value is -1.32. The van der Waals surface area contributed by atoms with E-state index in [9.17, 15) is 9.59 Å². The average molecular weight is 224 g/mol. The summed E-state index contributed by atoms with van der Waals surface area (Å²) in [4.78, 5) is 23.8. The maximum atomic E-state index is 11.9. The van der Waals surface area contributed by atoms with Gasteiger partial charge in [-0.25, -0.2) is 0 Å². The van der Waals surface area contributed by atoms with Crippen molar-refractivity contribution < 1.29 is 19.1 Å². The Bertz CT molecular complexity index is 358. The Morgan fingerprint density at radius 1 is 1.50 bits per heavy atom. The van der Waals surface area contributed by atoms with Crippen LogP contribution in [0.2, 0.25) is 0 Å². The second kappa shape index (κ2) is 3.92. The van der Waals surface area contributed by atoms with Crippen LogP contribution in [0.25, 0.3) is 0 Å². The first kappa shape index (κ1) is 11.2. The quantitative estimate of drug-likeness (QED) is 0.666. The highest BCUT2D eigenvalue weighted by Crippen LogP contribution is 2.51. The third kappa shape index (κ3) is 1.44. The number of carbonyl (C=O) groups is 2. The number of methoxy groups -OCH3 is 2. The van der Waals surface area contributed by atoms with Gasteiger partial charge in [-0.3, -0.25) is 9.59 Å². The minimum atomic E-state index is -0.661. The van der Waals surface area contributed by atoms with Crippen molar-refractivity contribution in [3.63, 3.8) is 0 Å². The van der Waals surface area contributed by atoms with Gasteiger partial charge in [0.2, 0.25) is 0 Å². The largest absolute Gasteiger partial charge is 0.501 e. The normalized spacial score (nSPS) is 33.0. The van der Waals surface area contributed by atoms with Gasteiger partial charge in [0.15, 0.2) is 5.78 Å². The van der Waals surface area contributed by atoms with E-state index in [1.165, 1.54) is 20.3 Å². The third-order valence-corrected chi connectivity index (χ3v) is 3.77. The standard InChI is InChI=1S/C12H16O4/c1-15-8-6-10(13)9-4-3-5-12(9,7-8)11(14)16-2/h6,9H,3-5,7H2,1-2H3. The molecule has 4 nitrogen and oxygen atoms in total. The van der Waals surface area contributed by atoms with Crippen LogP contribution in [0.1, 0.15) is 25.7 Å². The van der Waals surface area contributed by atoms with Crippen molar-refractivity contribution in [3.8, 4) is 0 Å². The third-order valence-electron chi connectivity index (χ3n) is 3.77. The molecule has 2 atom stereocenters. The minimum absolute atomic E-state index is 0.00556. The predicted octanol–water partition coefficient (Wildman–Crippen LogP) is 1.45. The van der Waals surface area contributed by atoms with E-state index in [0.717, 1.165) is 19.3 Å². The number of ketones is 1. The van der Waals surface area contributed by atoms with Crippen LogP contribution < -0.4 is 0 Å². The zero-order valence-corrected chi connectivity index (χ0v) is 9.62. The molecule has 0 N–H and O–H groups in total. The van der Waals surface area contributed by atoms with Gasteiger partial charge >= 0.3 is 5.97 Å². The maximum Gasteiger partial charge on any atom is 0.313 e. The molecule has 0 aromatic carbocycles. The van der Waals surface area contributed by atoms with Gasteiger partial charge in [0, 0.05) is 18.4 Å². The van der Waals surface area contributed by atoms with Crippen LogP contribution in [0.3, 0.4) is 0 Å². The molecule has 2 aliphatic rings. The highest BCUT2D eigenvalue weighted by atomic mass is 16.5. The van der Waals surface area contributed by atoms with E-state index < -0.39 is 5.41 Å². The fourth-order valence-corrected chi connectivity index (χ4v) is 2.97. The molecule has 2 unspecified atom stereocenters. The van der Waals surface area contributed by atoms with E-state index in [0.29, 0.717) is 12.2 Å². The van der Waals surface area contributed by atoms with E-state index in [1.807, 2.05) is 0 Å². The molecule has 0 heterocycles. The molecule has 88 valence electrons. The molecule has 0 bridgehead atoms. The number of allylic oxidation sites excluding steroid dienone is 2. The first-order valence-corrected chi connectivity index (χ1v) is 5.51. The summed E-state index contributed by atoms with van der Waals surface area (Å²) >= 11 is 0. The Morgan fingerprint density at radius 3 is 2.88 bits per heavy atom. The van der Waals surface area contributed by atoms with Crippen LogP contribution in [0, 0.1) is 11.3 Å². The van der Waals surface area contributed by atoms with E-state index in [4.69, 9.17) is 9.47 Å². The van der Waals surface area contributed by atoms with Gasteiger partial charge in [-0.1, -0.05) is 6.42 Å². The van der Waals surface area contributed by atoms with Crippen molar-refractivity contribution in [1.29, 1.82) is 0 Å². The van der Waals surface area contributed by atoms with Crippen LogP contribution in [-0.2, 0) is 19.1 Å². The Balaban J connectivity index is 2.38. The van der Waals surface area contributed by atoms with Crippen LogP contribution >= 0.6 is 0 Å². The summed E-state index contributed by atoms with van der Waals surface area (Å²) in [5.74, 6) is 0.115. The molecule has 2 rings (SSSR count). The Kier molecular flexibility index (Phi) is 2.74. The molecule has 16 heavy (non-hydrogen) atoms. The van der Waals surface area contributed by atoms with Gasteiger partial charge in [0.1, 0.15) is 5.76 Å². The first-order valence-electron chi connectivity index (χ1n) is 5.51. The van der Waals surface area contributed by atoms with E-state index in [1.54, 1.807) is 0 Å². The molecule has 1 saturated carbocycles. The number of hydrogen-bond donors (Lipinski definition) is 0. The fraction of sp³-hybridized carbons (Fsp3) is 0.667. The molecule has 2 aliphatic carbocycles. The number of ether oxygens (including phenoxy) is 2. The molecule has 0 aliphatic heterocycles. The van der Waals surface area contributed by atoms with Crippen LogP contribution in [0.5, 0.6) is 0 Å². The summed E-state index contributed by atoms with van der Waals surface area (Å²) in [6, 6.07) is 0. The van der Waals surface area contributed by atoms with E-state index in [2.05, 4.69) is 0 Å². The van der Waals surface area contributed by atoms with Crippen molar-refractivity contribution in [3.05, 3.63) is 11.8 Å². The molecule has 0 aromatic rings. The highest BCUT2D eigenvalue weighted by Gasteiger charge is 2.55. The monoisotopic (exact) mass is 224 g/mol. The number of carbonyl (C=O) groups excluding carboxylic acids is 2. The highest BCUT2D eigenvalue weighted by molar-refractivity contribution is 5.98. The lowest BCUT2D eigenvalue weighted by Crippen LogP contribution is -2.42. The van der Waals surface area contributed by atoms with Crippen LogP contribution in [-0.4, -0.2) is 26.0 Å². The summed E-state index contributed by atoms with van der Waals surface area (Å²) in [7, 11) is 2.90. The van der Waals surface area contributed by atoms with Crippen molar-refractivity contribution in [2.45, 2.75) is 25.7 Å². The van der Waals surface area contributed by atoms with Gasteiger partial charge in [0.05, 0.1) is 19.6 Å². The van der Waals surface area contributed by atoms with Crippen molar-refractivity contribution in [2.75, 3.05) is 14.2 Å². The second-order valence-corrected chi connectivity index (χ2v) is 4.49. The smallest absolute Gasteiger partial charge is 0.313 e. The molecule has 4 heteroatoms. The lowest BCUT2D eigenvalue weighted by Gasteiger charge is -2.34. The summed E-state index contributed by atoms with van der Waals surface area (Å²) in [6.45, 7) is 0. The molecule has 0 saturated heterocycles. The summed E-state index contributed by atoms with van der Waals surface area (Å²) < 4.78 is 9.98. The Morgan fingerprint density at radius 2 is 2.25 bits per heavy atom. The number of hydrogen-bond acceptors (Lipinski definition) is 4. The molecular formula is C12H16O4. The minimum Gasteiger partial charge on any atom is -0.501 e. The number of fused-ring (bicyclic) bond motifs is 1. The summed E-state index contributed by atoms with van der Waals surface area (Å²) in [5, 5.41) is 0. The van der Waals surface area contributed by atoms with Gasteiger partial charge in [-0.15, -0.1) is 0 Å². The van der Waals surface area contributed by atoms with Gasteiger partial charge in [0.25, 0.3) is 0 Å². The lowest BCUT2D eigenvalue weighted by atomic mass is 9.69. The van der Waals surface area contributed by atoms with Crippen LogP contribution in [0.4, 0.5) is 0 Å². The topological polar surface area (TPSA) is 52.6 Å². The van der Waals surface area contributed by atoms with Crippen molar-refractivity contribution >= 4 is 11.8 Å². The zero-order chi connectivity index (χ0) is 11.8. The molecule has 0 radical (unpaired) electrons. The van der Waals surface area contributed by atoms with E-state index >= 15 is 0 Å². The molecule has 0 spiro atoms. The molecule has 0 amide bonds.